The second-order valence-corrected chi connectivity index (χ2v) is 11.3. The third kappa shape index (κ3) is 2.59. The van der Waals surface area contributed by atoms with Crippen LogP contribution in [-0.2, 0) is 19.1 Å². The molecule has 0 radical (unpaired) electrons. The number of aliphatic hydroxyl groups excluding tert-OH is 1. The Labute approximate surface area is 187 Å². The first-order valence-corrected chi connectivity index (χ1v) is 12.1. The van der Waals surface area contributed by atoms with E-state index < -0.39 is 52.6 Å². The van der Waals surface area contributed by atoms with E-state index in [4.69, 9.17) is 9.47 Å². The smallest absolute Gasteiger partial charge is 0.238 e. The van der Waals surface area contributed by atoms with Crippen molar-refractivity contribution in [2.24, 2.45) is 28.6 Å². The molecule has 1 aliphatic heterocycles. The molecule has 4 fully saturated rings. The highest BCUT2D eigenvalue weighted by Crippen LogP contribution is 2.71. The Morgan fingerprint density at radius 2 is 1.94 bits per heavy atom. The van der Waals surface area contributed by atoms with Gasteiger partial charge >= 0.3 is 0 Å². The summed E-state index contributed by atoms with van der Waals surface area (Å²) in [6.07, 6.45) is 0.439. The lowest BCUT2D eigenvalue weighted by Crippen LogP contribution is -2.73. The van der Waals surface area contributed by atoms with Crippen LogP contribution in [0.2, 0.25) is 0 Å². The van der Waals surface area contributed by atoms with Crippen LogP contribution in [0.1, 0.15) is 72.6 Å². The topological polar surface area (TPSA) is 72.8 Å². The fourth-order valence-electron chi connectivity index (χ4n) is 8.30. The van der Waals surface area contributed by atoms with Crippen molar-refractivity contribution >= 4 is 11.6 Å². The molecule has 5 aliphatic rings. The van der Waals surface area contributed by atoms with Crippen molar-refractivity contribution in [3.63, 3.8) is 0 Å². The summed E-state index contributed by atoms with van der Waals surface area (Å²) in [4.78, 5) is 25.2. The zero-order valence-corrected chi connectivity index (χ0v) is 19.3. The molecule has 1 saturated heterocycles. The molecule has 8 atom stereocenters. The van der Waals surface area contributed by atoms with E-state index in [1.165, 1.54) is 6.08 Å². The van der Waals surface area contributed by atoms with Crippen molar-refractivity contribution in [2.75, 3.05) is 0 Å². The number of rotatable bonds is 3. The summed E-state index contributed by atoms with van der Waals surface area (Å²) >= 11 is 0. The van der Waals surface area contributed by atoms with Gasteiger partial charge in [0.1, 0.15) is 17.6 Å². The van der Waals surface area contributed by atoms with Crippen LogP contribution in [0.4, 0.5) is 8.78 Å². The zero-order chi connectivity index (χ0) is 23.3. The van der Waals surface area contributed by atoms with Gasteiger partial charge in [0, 0.05) is 23.7 Å². The van der Waals surface area contributed by atoms with Crippen LogP contribution in [0.3, 0.4) is 0 Å². The van der Waals surface area contributed by atoms with E-state index in [9.17, 15) is 14.7 Å². The minimum absolute atomic E-state index is 0.0495. The number of fused-ring (bicyclic) bond motifs is 5. The maximum Gasteiger partial charge on any atom is 0.238 e. The number of carbonyl (C=O) groups is 2. The summed E-state index contributed by atoms with van der Waals surface area (Å²) < 4.78 is 44.7. The van der Waals surface area contributed by atoms with Crippen LogP contribution in [-0.4, -0.2) is 46.7 Å². The van der Waals surface area contributed by atoms with Crippen molar-refractivity contribution in [3.05, 3.63) is 11.6 Å². The molecule has 3 saturated carbocycles. The Bertz CT molecular complexity index is 882. The minimum Gasteiger partial charge on any atom is -0.390 e. The van der Waals surface area contributed by atoms with Gasteiger partial charge in [0.15, 0.2) is 6.29 Å². The predicted octanol–water partition coefficient (Wildman–Crippen LogP) is 4.21. The SMILES string of the molecule is CCCC1OC2(C[C@@]3(C)C(=CC2=O)[C@@H](F)C[C@H]2[C@@H]4CC[C@@H](C(C)=O)[C@@]4(C)C[C@H](O)[C@@]23F)O1. The summed E-state index contributed by atoms with van der Waals surface area (Å²) in [5.41, 5.74) is -4.01. The van der Waals surface area contributed by atoms with Gasteiger partial charge in [-0.3, -0.25) is 9.59 Å². The monoisotopic (exact) mass is 452 g/mol. The number of halogens is 2. The third-order valence-electron chi connectivity index (χ3n) is 9.74. The molecule has 32 heavy (non-hydrogen) atoms. The second-order valence-electron chi connectivity index (χ2n) is 11.3. The molecule has 7 heteroatoms. The lowest BCUT2D eigenvalue weighted by atomic mass is 9.43. The van der Waals surface area contributed by atoms with E-state index >= 15 is 8.78 Å². The van der Waals surface area contributed by atoms with Crippen molar-refractivity contribution in [3.8, 4) is 0 Å². The lowest BCUT2D eigenvalue weighted by molar-refractivity contribution is -0.439. The number of alkyl halides is 2. The number of ketones is 2. The zero-order valence-electron chi connectivity index (χ0n) is 19.3. The summed E-state index contributed by atoms with van der Waals surface area (Å²) in [6, 6.07) is 0. The van der Waals surface area contributed by atoms with Crippen LogP contribution in [0, 0.1) is 28.6 Å². The molecular formula is C25H34F2O5. The molecule has 1 heterocycles. The number of allylic oxidation sites excluding steroid dienone is 1. The first-order valence-electron chi connectivity index (χ1n) is 12.1. The number of Topliss-reactive ketones (excluding diaryl/α,β-unsaturated/α-hetero) is 1. The highest BCUT2D eigenvalue weighted by Gasteiger charge is 2.75. The van der Waals surface area contributed by atoms with Gasteiger partial charge in [0.05, 0.1) is 6.10 Å². The molecule has 0 bridgehead atoms. The first kappa shape index (κ1) is 22.6. The van der Waals surface area contributed by atoms with E-state index in [1.54, 1.807) is 13.8 Å². The molecule has 0 aromatic rings. The Morgan fingerprint density at radius 3 is 2.56 bits per heavy atom. The molecule has 0 aromatic heterocycles. The Balaban J connectivity index is 1.56. The average Bonchev–Trinajstić information content (AvgIpc) is 3.02. The quantitative estimate of drug-likeness (QED) is 0.694. The van der Waals surface area contributed by atoms with Gasteiger partial charge in [-0.05, 0) is 62.0 Å². The van der Waals surface area contributed by atoms with Gasteiger partial charge < -0.3 is 14.6 Å². The van der Waals surface area contributed by atoms with Crippen LogP contribution in [0.25, 0.3) is 0 Å². The van der Waals surface area contributed by atoms with E-state index in [-0.39, 0.29) is 42.5 Å². The number of aliphatic hydroxyl groups is 1. The predicted molar refractivity (Wildman–Crippen MR) is 112 cm³/mol. The third-order valence-corrected chi connectivity index (χ3v) is 9.74. The molecule has 0 unspecified atom stereocenters. The normalized spacial score (nSPS) is 54.3. The number of hydrogen-bond donors (Lipinski definition) is 1. The average molecular weight is 453 g/mol. The van der Waals surface area contributed by atoms with Crippen LogP contribution < -0.4 is 0 Å². The molecule has 1 N–H and O–H groups in total. The second kappa shape index (κ2) is 6.92. The fraction of sp³-hybridized carbons (Fsp3) is 0.840. The van der Waals surface area contributed by atoms with Crippen molar-refractivity contribution in [1.29, 1.82) is 0 Å². The van der Waals surface area contributed by atoms with Crippen LogP contribution in [0.5, 0.6) is 0 Å². The summed E-state index contributed by atoms with van der Waals surface area (Å²) in [5, 5.41) is 11.3. The summed E-state index contributed by atoms with van der Waals surface area (Å²) in [5.74, 6) is -3.22. The molecule has 178 valence electrons. The van der Waals surface area contributed by atoms with Gasteiger partial charge in [-0.15, -0.1) is 0 Å². The maximum absolute atomic E-state index is 17.4. The fourth-order valence-corrected chi connectivity index (χ4v) is 8.30. The van der Waals surface area contributed by atoms with Gasteiger partial charge in [-0.2, -0.15) is 0 Å². The van der Waals surface area contributed by atoms with Crippen molar-refractivity contribution < 1.29 is 33.0 Å². The van der Waals surface area contributed by atoms with Gasteiger partial charge in [-0.25, -0.2) is 8.78 Å². The van der Waals surface area contributed by atoms with Gasteiger partial charge in [-0.1, -0.05) is 27.2 Å². The van der Waals surface area contributed by atoms with Gasteiger partial charge in [0.2, 0.25) is 11.6 Å². The van der Waals surface area contributed by atoms with Crippen molar-refractivity contribution in [2.45, 2.75) is 103 Å². The highest BCUT2D eigenvalue weighted by atomic mass is 19.1. The number of hydrogen-bond acceptors (Lipinski definition) is 5. The molecule has 0 amide bonds. The summed E-state index contributed by atoms with van der Waals surface area (Å²) in [7, 11) is 0. The Hall–Kier alpha value is -1.18. The van der Waals surface area contributed by atoms with E-state index in [2.05, 4.69) is 0 Å². The Kier molecular flexibility index (Phi) is 4.89. The van der Waals surface area contributed by atoms with Gasteiger partial charge in [0.25, 0.3) is 0 Å². The lowest BCUT2D eigenvalue weighted by Gasteiger charge is -2.65. The molecule has 5 nitrogen and oxygen atoms in total. The molecule has 0 aromatic carbocycles. The standard InChI is InChI=1S/C25H34F2O5/c1-5-6-21-31-24(32-21)12-23(4)17(10-19(24)29)18(26)9-16-15-8-7-14(13(2)28)22(15,3)11-20(30)25(16,23)27/h10,14-16,18,20-21,30H,5-9,11-12H2,1-4H3/t14-,15-,16-,18-,20-,21?,22+,23-,24?,25-/m0/s1. The molecule has 1 spiro atoms. The van der Waals surface area contributed by atoms with Crippen LogP contribution >= 0.6 is 0 Å². The number of carbonyl (C=O) groups excluding carboxylic acids is 2. The van der Waals surface area contributed by atoms with Crippen molar-refractivity contribution in [1.82, 2.24) is 0 Å². The largest absolute Gasteiger partial charge is 0.390 e. The minimum atomic E-state index is -2.13. The first-order chi connectivity index (χ1) is 14.9. The molecular weight excluding hydrogens is 418 g/mol. The van der Waals surface area contributed by atoms with Crippen LogP contribution in [0.15, 0.2) is 11.6 Å². The molecule has 5 rings (SSSR count). The Morgan fingerprint density at radius 1 is 1.25 bits per heavy atom. The maximum atomic E-state index is 17.4. The molecule has 4 aliphatic carbocycles. The highest BCUT2D eigenvalue weighted by molar-refractivity contribution is 5.98. The van der Waals surface area contributed by atoms with E-state index in [1.807, 2.05) is 13.8 Å². The number of ether oxygens (including phenoxy) is 2. The van der Waals surface area contributed by atoms with E-state index in [0.29, 0.717) is 19.3 Å². The summed E-state index contributed by atoms with van der Waals surface area (Å²) in [6.45, 7) is 7.10. The van der Waals surface area contributed by atoms with E-state index in [0.717, 1.165) is 6.42 Å².